The average Bonchev–Trinajstić information content (AvgIpc) is 2.98. The average molecular weight is 411 g/mol. The molecular formula is C23H26FN3O3. The van der Waals surface area contributed by atoms with Crippen molar-refractivity contribution in [2.75, 3.05) is 30.9 Å². The number of nitrogens with two attached hydrogens (primary N) is 1. The quantitative estimate of drug-likeness (QED) is 0.536. The molecule has 2 aromatic carbocycles. The molecule has 1 fully saturated rings. The zero-order valence-electron chi connectivity index (χ0n) is 17.0. The highest BCUT2D eigenvalue weighted by atomic mass is 19.1. The topological polar surface area (TPSA) is 78.5 Å². The van der Waals surface area contributed by atoms with E-state index in [1.54, 1.807) is 12.1 Å². The van der Waals surface area contributed by atoms with E-state index in [4.69, 9.17) is 15.2 Å². The SMILES string of the molecule is CCOc1ccc2c(N)c(-c3ccc(NC(=O)OCCF)cc3)n(C3CCC3)c2c1. The number of fused-ring (bicyclic) bond motifs is 1. The summed E-state index contributed by atoms with van der Waals surface area (Å²) in [5.41, 5.74) is 10.9. The molecule has 0 bridgehead atoms. The molecule has 0 unspecified atom stereocenters. The summed E-state index contributed by atoms with van der Waals surface area (Å²) in [6.45, 7) is 1.62. The summed E-state index contributed by atoms with van der Waals surface area (Å²) in [6.07, 6.45) is 2.77. The van der Waals surface area contributed by atoms with Gasteiger partial charge in [-0.3, -0.25) is 5.32 Å². The van der Waals surface area contributed by atoms with Gasteiger partial charge in [-0.25, -0.2) is 9.18 Å². The number of benzene rings is 2. The number of ether oxygens (including phenoxy) is 2. The lowest BCUT2D eigenvalue weighted by Crippen LogP contribution is -2.18. The molecule has 1 aromatic heterocycles. The first-order chi connectivity index (χ1) is 14.6. The van der Waals surface area contributed by atoms with Crippen molar-refractivity contribution < 1.29 is 18.7 Å². The second-order valence-electron chi connectivity index (χ2n) is 7.36. The zero-order valence-corrected chi connectivity index (χ0v) is 17.0. The maximum atomic E-state index is 12.1. The highest BCUT2D eigenvalue weighted by molar-refractivity contribution is 6.01. The lowest BCUT2D eigenvalue weighted by atomic mass is 9.92. The molecule has 3 aromatic rings. The second-order valence-corrected chi connectivity index (χ2v) is 7.36. The molecule has 7 heteroatoms. The van der Waals surface area contributed by atoms with Gasteiger partial charge in [0.15, 0.2) is 0 Å². The minimum Gasteiger partial charge on any atom is -0.494 e. The number of hydrogen-bond acceptors (Lipinski definition) is 4. The summed E-state index contributed by atoms with van der Waals surface area (Å²) in [5, 5.41) is 3.61. The van der Waals surface area contributed by atoms with E-state index in [0.29, 0.717) is 18.3 Å². The molecule has 30 heavy (non-hydrogen) atoms. The smallest absolute Gasteiger partial charge is 0.411 e. The Balaban J connectivity index is 1.71. The third-order valence-electron chi connectivity index (χ3n) is 5.48. The van der Waals surface area contributed by atoms with Crippen LogP contribution < -0.4 is 15.8 Å². The number of nitrogens with one attached hydrogen (secondary N) is 1. The Kier molecular flexibility index (Phi) is 5.79. The van der Waals surface area contributed by atoms with E-state index in [9.17, 15) is 9.18 Å². The normalized spacial score (nSPS) is 13.8. The van der Waals surface area contributed by atoms with Crippen LogP contribution in [0.2, 0.25) is 0 Å². The van der Waals surface area contributed by atoms with Gasteiger partial charge in [0.25, 0.3) is 0 Å². The Morgan fingerprint density at radius 3 is 2.63 bits per heavy atom. The van der Waals surface area contributed by atoms with Crippen molar-refractivity contribution in [1.82, 2.24) is 4.57 Å². The van der Waals surface area contributed by atoms with Crippen LogP contribution >= 0.6 is 0 Å². The first kappa shape index (κ1) is 20.1. The van der Waals surface area contributed by atoms with Gasteiger partial charge in [-0.05, 0) is 50.5 Å². The Morgan fingerprint density at radius 2 is 2.00 bits per heavy atom. The number of aromatic nitrogens is 1. The van der Waals surface area contributed by atoms with Gasteiger partial charge < -0.3 is 19.8 Å². The number of amides is 1. The van der Waals surface area contributed by atoms with Gasteiger partial charge in [0.2, 0.25) is 0 Å². The number of anilines is 2. The molecule has 0 radical (unpaired) electrons. The van der Waals surface area contributed by atoms with Crippen molar-refractivity contribution in [3.63, 3.8) is 0 Å². The Morgan fingerprint density at radius 1 is 1.23 bits per heavy atom. The Hall–Kier alpha value is -3.22. The van der Waals surface area contributed by atoms with Gasteiger partial charge in [-0.2, -0.15) is 0 Å². The molecule has 1 aliphatic carbocycles. The number of carbonyl (C=O) groups excluding carboxylic acids is 1. The zero-order chi connectivity index (χ0) is 21.1. The fourth-order valence-corrected chi connectivity index (χ4v) is 3.89. The Bertz CT molecular complexity index is 1040. The van der Waals surface area contributed by atoms with Crippen LogP contribution in [0.25, 0.3) is 22.2 Å². The van der Waals surface area contributed by atoms with Gasteiger partial charge in [-0.1, -0.05) is 12.1 Å². The molecule has 3 N–H and O–H groups in total. The second kappa shape index (κ2) is 8.65. The molecule has 6 nitrogen and oxygen atoms in total. The van der Waals surface area contributed by atoms with Crippen LogP contribution in [0, 0.1) is 0 Å². The minimum absolute atomic E-state index is 0.258. The number of halogens is 1. The van der Waals surface area contributed by atoms with Crippen molar-refractivity contribution in [1.29, 1.82) is 0 Å². The molecule has 158 valence electrons. The summed E-state index contributed by atoms with van der Waals surface area (Å²) < 4.78 is 24.9. The molecule has 0 aliphatic heterocycles. The van der Waals surface area contributed by atoms with Crippen LogP contribution in [-0.4, -0.2) is 30.5 Å². The first-order valence-corrected chi connectivity index (χ1v) is 10.3. The van der Waals surface area contributed by atoms with E-state index in [-0.39, 0.29) is 6.61 Å². The van der Waals surface area contributed by atoms with Crippen LogP contribution in [0.4, 0.5) is 20.6 Å². The van der Waals surface area contributed by atoms with Crippen LogP contribution in [0.15, 0.2) is 42.5 Å². The highest BCUT2D eigenvalue weighted by Gasteiger charge is 2.27. The standard InChI is InChI=1S/C23H26FN3O3/c1-2-29-18-10-11-19-20(14-18)27(17-4-3-5-17)22(21(19)25)15-6-8-16(9-7-15)26-23(28)30-13-12-24/h6-11,14,17H,2-5,12-13,25H2,1H3,(H,26,28). The third kappa shape index (κ3) is 3.79. The van der Waals surface area contributed by atoms with Crippen LogP contribution in [-0.2, 0) is 4.74 Å². The summed E-state index contributed by atoms with van der Waals surface area (Å²) >= 11 is 0. The van der Waals surface area contributed by atoms with Gasteiger partial charge >= 0.3 is 6.09 Å². The number of hydrogen-bond donors (Lipinski definition) is 2. The summed E-state index contributed by atoms with van der Waals surface area (Å²) in [4.78, 5) is 11.6. The van der Waals surface area contributed by atoms with Gasteiger partial charge in [0, 0.05) is 28.7 Å². The van der Waals surface area contributed by atoms with E-state index < -0.39 is 12.8 Å². The number of nitrogen functional groups attached to an aromatic ring is 1. The van der Waals surface area contributed by atoms with Crippen LogP contribution in [0.3, 0.4) is 0 Å². The molecular weight excluding hydrogens is 385 g/mol. The van der Waals surface area contributed by atoms with E-state index in [1.165, 1.54) is 6.42 Å². The highest BCUT2D eigenvalue weighted by Crippen LogP contribution is 2.44. The first-order valence-electron chi connectivity index (χ1n) is 10.3. The predicted octanol–water partition coefficient (Wildman–Crippen LogP) is 5.53. The molecule has 1 heterocycles. The van der Waals surface area contributed by atoms with Crippen molar-refractivity contribution in [2.45, 2.75) is 32.2 Å². The van der Waals surface area contributed by atoms with Gasteiger partial charge in [0.05, 0.1) is 23.5 Å². The number of rotatable bonds is 7. The minimum atomic E-state index is -0.706. The van der Waals surface area contributed by atoms with Crippen molar-refractivity contribution in [3.8, 4) is 17.0 Å². The van der Waals surface area contributed by atoms with Gasteiger partial charge in [0.1, 0.15) is 19.0 Å². The van der Waals surface area contributed by atoms with Crippen molar-refractivity contribution >= 4 is 28.4 Å². The van der Waals surface area contributed by atoms with E-state index in [0.717, 1.165) is 46.4 Å². The molecule has 0 spiro atoms. The molecule has 1 saturated carbocycles. The third-order valence-corrected chi connectivity index (χ3v) is 5.48. The maximum absolute atomic E-state index is 12.1. The summed E-state index contributed by atoms with van der Waals surface area (Å²) in [7, 11) is 0. The van der Waals surface area contributed by atoms with E-state index in [2.05, 4.69) is 16.0 Å². The molecule has 4 rings (SSSR count). The molecule has 1 amide bonds. The fourth-order valence-electron chi connectivity index (χ4n) is 3.89. The van der Waals surface area contributed by atoms with E-state index >= 15 is 0 Å². The molecule has 1 aliphatic rings. The van der Waals surface area contributed by atoms with Crippen molar-refractivity contribution in [2.24, 2.45) is 0 Å². The number of carbonyl (C=O) groups is 1. The maximum Gasteiger partial charge on any atom is 0.411 e. The number of nitrogens with zero attached hydrogens (tertiary/aromatic N) is 1. The van der Waals surface area contributed by atoms with Crippen LogP contribution in [0.1, 0.15) is 32.2 Å². The van der Waals surface area contributed by atoms with Crippen molar-refractivity contribution in [3.05, 3.63) is 42.5 Å². The molecule has 0 atom stereocenters. The summed E-state index contributed by atoms with van der Waals surface area (Å²) in [5.74, 6) is 0.834. The predicted molar refractivity (Wildman–Crippen MR) is 117 cm³/mol. The summed E-state index contributed by atoms with van der Waals surface area (Å²) in [6, 6.07) is 13.9. The van der Waals surface area contributed by atoms with Crippen LogP contribution in [0.5, 0.6) is 5.75 Å². The monoisotopic (exact) mass is 411 g/mol. The lowest BCUT2D eigenvalue weighted by Gasteiger charge is -2.30. The molecule has 0 saturated heterocycles. The Labute approximate surface area is 174 Å². The van der Waals surface area contributed by atoms with E-state index in [1.807, 2.05) is 31.2 Å². The largest absolute Gasteiger partial charge is 0.494 e. The fraction of sp³-hybridized carbons (Fsp3) is 0.348. The lowest BCUT2D eigenvalue weighted by molar-refractivity contribution is 0.152. The number of alkyl halides is 1. The van der Waals surface area contributed by atoms with Gasteiger partial charge in [-0.15, -0.1) is 0 Å².